The van der Waals surface area contributed by atoms with Crippen LogP contribution in [0.15, 0.2) is 60.7 Å². The number of nitriles is 1. The highest BCUT2D eigenvalue weighted by molar-refractivity contribution is 5.43. The van der Waals surface area contributed by atoms with Crippen LogP contribution in [-0.2, 0) is 12.0 Å². The molecule has 0 bridgehead atoms. The first-order valence-corrected chi connectivity index (χ1v) is 11.3. The van der Waals surface area contributed by atoms with Gasteiger partial charge in [-0.15, -0.1) is 0 Å². The van der Waals surface area contributed by atoms with Crippen molar-refractivity contribution in [3.05, 3.63) is 94.3 Å². The Labute approximate surface area is 191 Å². The monoisotopic (exact) mass is 424 g/mol. The van der Waals surface area contributed by atoms with Gasteiger partial charge in [0.25, 0.3) is 0 Å². The van der Waals surface area contributed by atoms with Gasteiger partial charge in [-0.2, -0.15) is 10.4 Å². The van der Waals surface area contributed by atoms with E-state index in [1.54, 1.807) is 0 Å². The van der Waals surface area contributed by atoms with Crippen LogP contribution in [0.3, 0.4) is 0 Å². The minimum atomic E-state index is 0.144. The zero-order chi connectivity index (χ0) is 22.9. The molecule has 4 rings (SSSR count). The lowest BCUT2D eigenvalue weighted by Gasteiger charge is -2.19. The van der Waals surface area contributed by atoms with Crippen LogP contribution in [0.2, 0.25) is 0 Å². The van der Waals surface area contributed by atoms with Crippen molar-refractivity contribution in [1.82, 2.24) is 15.1 Å². The second-order valence-corrected chi connectivity index (χ2v) is 9.82. The van der Waals surface area contributed by atoms with E-state index in [-0.39, 0.29) is 5.41 Å². The van der Waals surface area contributed by atoms with Gasteiger partial charge in [0.1, 0.15) is 0 Å². The zero-order valence-electron chi connectivity index (χ0n) is 19.7. The maximum Gasteiger partial charge on any atom is 0.0991 e. The summed E-state index contributed by atoms with van der Waals surface area (Å²) in [5.41, 5.74) is 8.07. The smallest absolute Gasteiger partial charge is 0.0991 e. The Balaban J connectivity index is 1.46. The lowest BCUT2D eigenvalue weighted by Crippen LogP contribution is -2.25. The largest absolute Gasteiger partial charge is 0.306 e. The van der Waals surface area contributed by atoms with E-state index < -0.39 is 0 Å². The van der Waals surface area contributed by atoms with Crippen LogP contribution in [0, 0.1) is 25.2 Å². The molecule has 2 aromatic carbocycles. The van der Waals surface area contributed by atoms with E-state index in [4.69, 9.17) is 10.4 Å². The van der Waals surface area contributed by atoms with Gasteiger partial charge in [0.05, 0.1) is 23.0 Å². The summed E-state index contributed by atoms with van der Waals surface area (Å²) >= 11 is 0. The second kappa shape index (κ2) is 8.76. The Morgan fingerprint density at radius 2 is 1.84 bits per heavy atom. The first-order chi connectivity index (χ1) is 15.3. The first-order valence-electron chi connectivity index (χ1n) is 11.3. The standard InChI is InChI=1S/C28H32N4/c1-19-27(20(2)32(31-19)26-13-10-24(11-14-26)28(3,4)5)23-9-12-25(16-23)30-18-22-8-6-7-21(15-22)17-29/h6-15,23,25,30H,16,18H2,1-5H3/t23-,25-/m1/s1. The minimum absolute atomic E-state index is 0.144. The van der Waals surface area contributed by atoms with E-state index in [0.29, 0.717) is 17.5 Å². The van der Waals surface area contributed by atoms with Crippen molar-refractivity contribution in [2.24, 2.45) is 0 Å². The Morgan fingerprint density at radius 3 is 2.53 bits per heavy atom. The number of rotatable bonds is 5. The van der Waals surface area contributed by atoms with E-state index in [2.05, 4.69) is 93.2 Å². The molecule has 0 aliphatic heterocycles. The van der Waals surface area contributed by atoms with E-state index in [9.17, 15) is 0 Å². The van der Waals surface area contributed by atoms with Crippen molar-refractivity contribution < 1.29 is 0 Å². The Kier molecular flexibility index (Phi) is 6.04. The molecule has 164 valence electrons. The molecule has 1 aromatic heterocycles. The third-order valence-electron chi connectivity index (χ3n) is 6.40. The summed E-state index contributed by atoms with van der Waals surface area (Å²) in [5.74, 6) is 0.362. The highest BCUT2D eigenvalue weighted by atomic mass is 15.3. The van der Waals surface area contributed by atoms with Gasteiger partial charge in [-0.1, -0.05) is 57.2 Å². The molecule has 2 atom stereocenters. The molecule has 4 nitrogen and oxygen atoms in total. The van der Waals surface area contributed by atoms with Crippen molar-refractivity contribution in [2.45, 2.75) is 65.0 Å². The lowest BCUT2D eigenvalue weighted by molar-refractivity contribution is 0.559. The van der Waals surface area contributed by atoms with E-state index >= 15 is 0 Å². The fraction of sp³-hybridized carbons (Fsp3) is 0.357. The van der Waals surface area contributed by atoms with Crippen LogP contribution in [0.4, 0.5) is 0 Å². The van der Waals surface area contributed by atoms with Crippen molar-refractivity contribution in [1.29, 1.82) is 5.26 Å². The summed E-state index contributed by atoms with van der Waals surface area (Å²) in [7, 11) is 0. The van der Waals surface area contributed by atoms with Crippen LogP contribution in [0.25, 0.3) is 5.69 Å². The van der Waals surface area contributed by atoms with E-state index in [1.807, 2.05) is 18.2 Å². The molecule has 0 saturated carbocycles. The van der Waals surface area contributed by atoms with Crippen LogP contribution in [0.5, 0.6) is 0 Å². The highest BCUT2D eigenvalue weighted by Gasteiger charge is 2.26. The number of nitrogens with one attached hydrogen (secondary N) is 1. The average Bonchev–Trinajstić information content (AvgIpc) is 3.35. The molecule has 3 aromatic rings. The van der Waals surface area contributed by atoms with Gasteiger partial charge in [-0.3, -0.25) is 0 Å². The van der Waals surface area contributed by atoms with Gasteiger partial charge in [-0.25, -0.2) is 4.68 Å². The van der Waals surface area contributed by atoms with E-state index in [1.165, 1.54) is 16.8 Å². The first kappa shape index (κ1) is 22.0. The Hall–Kier alpha value is -3.16. The number of nitrogens with zero attached hydrogens (tertiary/aromatic N) is 3. The molecule has 0 fully saturated rings. The summed E-state index contributed by atoms with van der Waals surface area (Å²) < 4.78 is 2.08. The summed E-state index contributed by atoms with van der Waals surface area (Å²) in [6.07, 6.45) is 5.61. The summed E-state index contributed by atoms with van der Waals surface area (Å²) in [4.78, 5) is 0. The van der Waals surface area contributed by atoms with E-state index in [0.717, 1.165) is 29.9 Å². The molecule has 0 radical (unpaired) electrons. The van der Waals surface area contributed by atoms with Crippen molar-refractivity contribution >= 4 is 0 Å². The topological polar surface area (TPSA) is 53.6 Å². The van der Waals surface area contributed by atoms with Gasteiger partial charge in [0.15, 0.2) is 0 Å². The molecule has 0 saturated heterocycles. The molecule has 0 unspecified atom stereocenters. The predicted molar refractivity (Wildman–Crippen MR) is 130 cm³/mol. The molecule has 1 aliphatic carbocycles. The highest BCUT2D eigenvalue weighted by Crippen LogP contribution is 2.34. The zero-order valence-corrected chi connectivity index (χ0v) is 19.7. The molecule has 32 heavy (non-hydrogen) atoms. The minimum Gasteiger partial charge on any atom is -0.306 e. The van der Waals surface area contributed by atoms with Crippen LogP contribution >= 0.6 is 0 Å². The van der Waals surface area contributed by atoms with Crippen molar-refractivity contribution in [2.75, 3.05) is 0 Å². The Morgan fingerprint density at radius 1 is 1.09 bits per heavy atom. The Bertz CT molecular complexity index is 1170. The second-order valence-electron chi connectivity index (χ2n) is 9.82. The molecule has 1 N–H and O–H groups in total. The third-order valence-corrected chi connectivity index (χ3v) is 6.40. The molecule has 1 heterocycles. The van der Waals surface area contributed by atoms with Gasteiger partial charge in [0.2, 0.25) is 0 Å². The average molecular weight is 425 g/mol. The van der Waals surface area contributed by atoms with Crippen LogP contribution < -0.4 is 5.32 Å². The number of hydrogen-bond donors (Lipinski definition) is 1. The molecule has 0 amide bonds. The molecular formula is C28H32N4. The molecule has 0 spiro atoms. The summed E-state index contributed by atoms with van der Waals surface area (Å²) in [6, 6.07) is 19.1. The van der Waals surface area contributed by atoms with Gasteiger partial charge < -0.3 is 5.32 Å². The molecule has 1 aliphatic rings. The number of allylic oxidation sites excluding steroid dienone is 1. The van der Waals surface area contributed by atoms with Crippen LogP contribution in [0.1, 0.15) is 66.8 Å². The fourth-order valence-electron chi connectivity index (χ4n) is 4.61. The van der Waals surface area contributed by atoms with Gasteiger partial charge in [-0.05, 0) is 61.1 Å². The summed E-state index contributed by atoms with van der Waals surface area (Å²) in [6.45, 7) is 11.8. The number of aryl methyl sites for hydroxylation is 1. The van der Waals surface area contributed by atoms with Crippen molar-refractivity contribution in [3.8, 4) is 11.8 Å². The SMILES string of the molecule is Cc1nn(-c2ccc(C(C)(C)C)cc2)c(C)c1[C@@H]1C=C[C@@H](NCc2cccc(C#N)c2)C1. The van der Waals surface area contributed by atoms with Gasteiger partial charge >= 0.3 is 0 Å². The third kappa shape index (κ3) is 4.54. The normalized spacial score (nSPS) is 18.1. The number of benzene rings is 2. The summed E-state index contributed by atoms with van der Waals surface area (Å²) in [5, 5.41) is 17.6. The fourth-order valence-corrected chi connectivity index (χ4v) is 4.61. The van der Waals surface area contributed by atoms with Gasteiger partial charge in [0, 0.05) is 29.8 Å². The van der Waals surface area contributed by atoms with Crippen LogP contribution in [-0.4, -0.2) is 15.8 Å². The number of aromatic nitrogens is 2. The predicted octanol–water partition coefficient (Wildman–Crippen LogP) is 5.86. The number of hydrogen-bond acceptors (Lipinski definition) is 3. The molecular weight excluding hydrogens is 392 g/mol. The van der Waals surface area contributed by atoms with Crippen molar-refractivity contribution in [3.63, 3.8) is 0 Å². The maximum atomic E-state index is 9.10. The lowest BCUT2D eigenvalue weighted by atomic mass is 9.87. The molecule has 4 heteroatoms. The maximum absolute atomic E-state index is 9.10. The quantitative estimate of drug-likeness (QED) is 0.522.